The van der Waals surface area contributed by atoms with Crippen LogP contribution in [0.15, 0.2) is 18.2 Å². The molecule has 6 heteroatoms. The van der Waals surface area contributed by atoms with Crippen LogP contribution < -0.4 is 11.3 Å². The monoisotopic (exact) mass is 273 g/mol. The smallest absolute Gasteiger partial charge is 0.283 e. The molecule has 0 saturated heterocycles. The van der Waals surface area contributed by atoms with E-state index in [1.165, 1.54) is 5.56 Å². The molecule has 0 aliphatic heterocycles. The summed E-state index contributed by atoms with van der Waals surface area (Å²) in [4.78, 5) is 15.8. The van der Waals surface area contributed by atoms with E-state index in [0.29, 0.717) is 12.2 Å². The summed E-state index contributed by atoms with van der Waals surface area (Å²) in [5.74, 6) is 4.72. The number of nitrogens with two attached hydrogens (primary N) is 1. The number of nitrogens with zero attached hydrogens (tertiary/aromatic N) is 3. The summed E-state index contributed by atoms with van der Waals surface area (Å²) < 4.78 is 1.92. The summed E-state index contributed by atoms with van der Waals surface area (Å²) in [6.07, 6.45) is 0.959. The number of carbonyl (C=O) groups is 1. The molecule has 0 bridgehead atoms. The van der Waals surface area contributed by atoms with E-state index in [9.17, 15) is 4.79 Å². The van der Waals surface area contributed by atoms with E-state index in [4.69, 9.17) is 5.84 Å². The number of hydrogen-bond acceptors (Lipinski definition) is 4. The Bertz CT molecular complexity index is 632. The van der Waals surface area contributed by atoms with Crippen LogP contribution in [0.3, 0.4) is 0 Å². The van der Waals surface area contributed by atoms with Gasteiger partial charge in [-0.1, -0.05) is 13.0 Å². The fourth-order valence-corrected chi connectivity index (χ4v) is 2.32. The van der Waals surface area contributed by atoms with Gasteiger partial charge in [0.25, 0.3) is 5.91 Å². The largest absolute Gasteiger partial charge is 0.289 e. The summed E-state index contributed by atoms with van der Waals surface area (Å²) in [5.41, 5.74) is 6.61. The predicted octanol–water partition coefficient (Wildman–Crippen LogP) is 1.11. The summed E-state index contributed by atoms with van der Waals surface area (Å²) in [7, 11) is 0. The molecule has 0 radical (unpaired) electrons. The summed E-state index contributed by atoms with van der Waals surface area (Å²) >= 11 is 0. The lowest BCUT2D eigenvalue weighted by Crippen LogP contribution is -2.30. The van der Waals surface area contributed by atoms with Crippen molar-refractivity contribution in [1.29, 1.82) is 0 Å². The third-order valence-electron chi connectivity index (χ3n) is 3.37. The zero-order valence-corrected chi connectivity index (χ0v) is 12.0. The van der Waals surface area contributed by atoms with E-state index in [1.807, 2.05) is 17.7 Å². The molecule has 2 aromatic heterocycles. The molecule has 0 aliphatic rings. The van der Waals surface area contributed by atoms with Crippen molar-refractivity contribution >= 4 is 5.91 Å². The number of hydrogen-bond donors (Lipinski definition) is 2. The van der Waals surface area contributed by atoms with Gasteiger partial charge in [0.1, 0.15) is 5.69 Å². The van der Waals surface area contributed by atoms with Crippen molar-refractivity contribution in [2.45, 2.75) is 33.7 Å². The number of rotatable bonds is 4. The van der Waals surface area contributed by atoms with Gasteiger partial charge in [0.2, 0.25) is 0 Å². The first kappa shape index (κ1) is 14.2. The molecule has 6 nitrogen and oxygen atoms in total. The Kier molecular flexibility index (Phi) is 4.14. The van der Waals surface area contributed by atoms with E-state index in [2.05, 4.69) is 29.4 Å². The van der Waals surface area contributed by atoms with Crippen LogP contribution in [0.25, 0.3) is 0 Å². The summed E-state index contributed by atoms with van der Waals surface area (Å²) in [5, 5.41) is 4.52. The van der Waals surface area contributed by atoms with Crippen molar-refractivity contribution in [2.24, 2.45) is 5.84 Å². The lowest BCUT2D eigenvalue weighted by molar-refractivity contribution is 0.0948. The molecule has 20 heavy (non-hydrogen) atoms. The molecular formula is C14H19N5O. The number of pyridine rings is 1. The van der Waals surface area contributed by atoms with Crippen LogP contribution in [0.5, 0.6) is 0 Å². The first-order valence-corrected chi connectivity index (χ1v) is 6.56. The van der Waals surface area contributed by atoms with Crippen LogP contribution in [-0.4, -0.2) is 20.7 Å². The van der Waals surface area contributed by atoms with Crippen molar-refractivity contribution in [3.8, 4) is 0 Å². The Morgan fingerprint density at radius 2 is 2.15 bits per heavy atom. The summed E-state index contributed by atoms with van der Waals surface area (Å²) in [6, 6.07) is 5.29. The van der Waals surface area contributed by atoms with Crippen LogP contribution in [0, 0.1) is 13.8 Å². The third-order valence-corrected chi connectivity index (χ3v) is 3.37. The minimum Gasteiger partial charge on any atom is -0.289 e. The minimum atomic E-state index is -0.394. The van der Waals surface area contributed by atoms with Gasteiger partial charge >= 0.3 is 0 Å². The lowest BCUT2D eigenvalue weighted by Gasteiger charge is -2.06. The van der Waals surface area contributed by atoms with Gasteiger partial charge in [-0.15, -0.1) is 0 Å². The maximum Gasteiger partial charge on any atom is 0.283 e. The van der Waals surface area contributed by atoms with Crippen molar-refractivity contribution in [3.63, 3.8) is 0 Å². The molecular weight excluding hydrogens is 254 g/mol. The number of nitrogens with one attached hydrogen (secondary N) is 1. The van der Waals surface area contributed by atoms with Gasteiger partial charge in [0.15, 0.2) is 0 Å². The molecule has 2 rings (SSSR count). The fourth-order valence-electron chi connectivity index (χ4n) is 2.32. The molecule has 106 valence electrons. The molecule has 0 aliphatic carbocycles. The van der Waals surface area contributed by atoms with E-state index < -0.39 is 5.91 Å². The lowest BCUT2D eigenvalue weighted by atomic mass is 10.1. The maximum atomic E-state index is 11.5. The molecule has 2 heterocycles. The molecule has 0 saturated carbocycles. The van der Waals surface area contributed by atoms with Crippen molar-refractivity contribution in [3.05, 3.63) is 46.5 Å². The normalized spacial score (nSPS) is 10.6. The molecule has 0 fully saturated rings. The van der Waals surface area contributed by atoms with E-state index >= 15 is 0 Å². The quantitative estimate of drug-likeness (QED) is 0.496. The molecule has 1 amide bonds. The highest BCUT2D eigenvalue weighted by Crippen LogP contribution is 2.14. The van der Waals surface area contributed by atoms with Gasteiger partial charge in [-0.2, -0.15) is 5.10 Å². The third kappa shape index (κ3) is 2.70. The maximum absolute atomic E-state index is 11.5. The number of hydrazine groups is 1. The zero-order valence-electron chi connectivity index (χ0n) is 12.0. The second kappa shape index (κ2) is 5.83. The van der Waals surface area contributed by atoms with Crippen LogP contribution in [0.4, 0.5) is 0 Å². The van der Waals surface area contributed by atoms with Gasteiger partial charge in [-0.25, -0.2) is 10.8 Å². The van der Waals surface area contributed by atoms with Crippen LogP contribution in [0.2, 0.25) is 0 Å². The van der Waals surface area contributed by atoms with Crippen LogP contribution in [-0.2, 0) is 13.0 Å². The van der Waals surface area contributed by atoms with Gasteiger partial charge in [-0.05, 0) is 38.0 Å². The standard InChI is InChI=1S/C14H19N5O/c1-4-12-9(2)18-19(10(12)3)8-11-6-5-7-13(16-11)14(20)17-15/h5-7H,4,8,15H2,1-3H3,(H,17,20). The van der Waals surface area contributed by atoms with Gasteiger partial charge in [0, 0.05) is 5.69 Å². The first-order chi connectivity index (χ1) is 9.56. The summed E-state index contributed by atoms with van der Waals surface area (Å²) in [6.45, 7) is 6.72. The molecule has 0 atom stereocenters. The first-order valence-electron chi connectivity index (χ1n) is 6.56. The Hall–Kier alpha value is -2.21. The zero-order chi connectivity index (χ0) is 14.7. The van der Waals surface area contributed by atoms with Gasteiger partial charge < -0.3 is 0 Å². The minimum absolute atomic E-state index is 0.308. The molecule has 0 spiro atoms. The molecule has 0 aromatic carbocycles. The highest BCUT2D eigenvalue weighted by molar-refractivity contribution is 5.91. The van der Waals surface area contributed by atoms with Crippen molar-refractivity contribution in [2.75, 3.05) is 0 Å². The molecule has 3 N–H and O–H groups in total. The number of aromatic nitrogens is 3. The Balaban J connectivity index is 2.28. The highest BCUT2D eigenvalue weighted by Gasteiger charge is 2.11. The molecule has 2 aromatic rings. The second-order valence-corrected chi connectivity index (χ2v) is 4.65. The SMILES string of the molecule is CCc1c(C)nn(Cc2cccc(C(=O)NN)n2)c1C. The van der Waals surface area contributed by atoms with E-state index in [-0.39, 0.29) is 0 Å². The second-order valence-electron chi connectivity index (χ2n) is 4.65. The number of amides is 1. The Morgan fingerprint density at radius 3 is 2.75 bits per heavy atom. The van der Waals surface area contributed by atoms with Crippen LogP contribution in [0.1, 0.15) is 40.1 Å². The topological polar surface area (TPSA) is 85.8 Å². The molecule has 0 unspecified atom stereocenters. The van der Waals surface area contributed by atoms with Crippen molar-refractivity contribution < 1.29 is 4.79 Å². The predicted molar refractivity (Wildman–Crippen MR) is 76.1 cm³/mol. The number of aryl methyl sites for hydroxylation is 1. The van der Waals surface area contributed by atoms with Gasteiger partial charge in [0.05, 0.1) is 17.9 Å². The van der Waals surface area contributed by atoms with Crippen molar-refractivity contribution in [1.82, 2.24) is 20.2 Å². The highest BCUT2D eigenvalue weighted by atomic mass is 16.2. The van der Waals surface area contributed by atoms with E-state index in [1.54, 1.807) is 12.1 Å². The number of carbonyl (C=O) groups excluding carboxylic acids is 1. The average molecular weight is 273 g/mol. The van der Waals surface area contributed by atoms with E-state index in [0.717, 1.165) is 23.5 Å². The Labute approximate surface area is 118 Å². The Morgan fingerprint density at radius 1 is 1.40 bits per heavy atom. The van der Waals surface area contributed by atoms with Crippen LogP contribution >= 0.6 is 0 Å². The fraction of sp³-hybridized carbons (Fsp3) is 0.357. The number of nitrogen functional groups attached to an aromatic ring is 1. The average Bonchev–Trinajstić information content (AvgIpc) is 2.72. The van der Waals surface area contributed by atoms with Gasteiger partial charge in [-0.3, -0.25) is 14.9 Å².